The lowest BCUT2D eigenvalue weighted by atomic mass is 9.90. The van der Waals surface area contributed by atoms with Crippen molar-refractivity contribution in [2.24, 2.45) is 5.92 Å². The minimum absolute atomic E-state index is 0.192. The smallest absolute Gasteiger partial charge is 0.255 e. The third-order valence-electron chi connectivity index (χ3n) is 7.91. The van der Waals surface area contributed by atoms with Gasteiger partial charge in [0.15, 0.2) is 5.13 Å². The zero-order chi connectivity index (χ0) is 25.1. The maximum atomic E-state index is 13.8. The molecule has 2 aliphatic rings. The van der Waals surface area contributed by atoms with Crippen LogP contribution in [-0.2, 0) is 6.42 Å². The van der Waals surface area contributed by atoms with Crippen molar-refractivity contribution in [3.8, 4) is 11.4 Å². The van der Waals surface area contributed by atoms with Crippen molar-refractivity contribution in [3.05, 3.63) is 58.6 Å². The summed E-state index contributed by atoms with van der Waals surface area (Å²) in [5, 5.41) is 6.52. The van der Waals surface area contributed by atoms with Crippen molar-refractivity contribution in [2.75, 3.05) is 18.4 Å². The first-order valence-electron chi connectivity index (χ1n) is 13.8. The number of amides is 1. The van der Waals surface area contributed by atoms with Crippen molar-refractivity contribution < 1.29 is 4.79 Å². The highest BCUT2D eigenvalue weighted by Crippen LogP contribution is 2.38. The minimum Gasteiger partial charge on any atom is -0.359 e. The number of benzene rings is 1. The van der Waals surface area contributed by atoms with Crippen molar-refractivity contribution >= 4 is 22.4 Å². The standard InChI is InChI=1S/C30H40N4OS/c1-21(2)31-30-32-27(20-36-30)28-19-26(22(3)34(28)25-12-8-5-9-13-25)29(35)33-16-14-24(15-17-33)18-23-10-6-4-7-11-23/h4,6-7,10-11,19-21,24-25H,5,8-9,12-18H2,1-3H3,(H,31,32). The summed E-state index contributed by atoms with van der Waals surface area (Å²) in [6, 6.07) is 13.7. The minimum atomic E-state index is 0.192. The van der Waals surface area contributed by atoms with Gasteiger partial charge in [0.25, 0.3) is 5.91 Å². The topological polar surface area (TPSA) is 50.2 Å². The molecule has 5 nitrogen and oxygen atoms in total. The molecule has 3 aromatic rings. The predicted octanol–water partition coefficient (Wildman–Crippen LogP) is 7.34. The second-order valence-electron chi connectivity index (χ2n) is 11.0. The van der Waals surface area contributed by atoms with Crippen LogP contribution >= 0.6 is 11.3 Å². The van der Waals surface area contributed by atoms with Gasteiger partial charge in [0.2, 0.25) is 0 Å². The van der Waals surface area contributed by atoms with E-state index in [1.165, 1.54) is 37.7 Å². The Morgan fingerprint density at radius 3 is 2.50 bits per heavy atom. The third-order valence-corrected chi connectivity index (χ3v) is 8.68. The molecule has 0 bridgehead atoms. The number of hydrogen-bond acceptors (Lipinski definition) is 4. The van der Waals surface area contributed by atoms with Gasteiger partial charge in [-0.1, -0.05) is 49.6 Å². The van der Waals surface area contributed by atoms with Crippen LogP contribution in [0.1, 0.15) is 86.5 Å². The van der Waals surface area contributed by atoms with Crippen LogP contribution in [0.25, 0.3) is 11.4 Å². The van der Waals surface area contributed by atoms with Gasteiger partial charge in [-0.3, -0.25) is 4.79 Å². The lowest BCUT2D eigenvalue weighted by Gasteiger charge is -2.32. The maximum absolute atomic E-state index is 13.8. The Bertz CT molecular complexity index is 1150. The molecule has 36 heavy (non-hydrogen) atoms. The Labute approximate surface area is 219 Å². The van der Waals surface area contributed by atoms with E-state index in [4.69, 9.17) is 4.98 Å². The number of anilines is 1. The zero-order valence-corrected chi connectivity index (χ0v) is 22.8. The summed E-state index contributed by atoms with van der Waals surface area (Å²) < 4.78 is 2.45. The van der Waals surface area contributed by atoms with Crippen molar-refractivity contribution in [2.45, 2.75) is 84.2 Å². The number of carbonyl (C=O) groups is 1. The monoisotopic (exact) mass is 504 g/mol. The Balaban J connectivity index is 1.36. The first-order chi connectivity index (χ1) is 17.5. The summed E-state index contributed by atoms with van der Waals surface area (Å²) in [6.07, 6.45) is 9.47. The summed E-state index contributed by atoms with van der Waals surface area (Å²) >= 11 is 1.65. The van der Waals surface area contributed by atoms with Crippen LogP contribution in [0.15, 0.2) is 41.8 Å². The molecule has 6 heteroatoms. The molecule has 1 aliphatic heterocycles. The van der Waals surface area contributed by atoms with E-state index < -0.39 is 0 Å². The normalized spacial score (nSPS) is 17.6. The highest BCUT2D eigenvalue weighted by Gasteiger charge is 2.30. The van der Waals surface area contributed by atoms with Gasteiger partial charge >= 0.3 is 0 Å². The van der Waals surface area contributed by atoms with Crippen LogP contribution in [0.3, 0.4) is 0 Å². The average molecular weight is 505 g/mol. The van der Waals surface area contributed by atoms with Crippen molar-refractivity contribution in [3.63, 3.8) is 0 Å². The number of hydrogen-bond donors (Lipinski definition) is 1. The lowest BCUT2D eigenvalue weighted by Crippen LogP contribution is -2.39. The number of piperidine rings is 1. The fourth-order valence-electron chi connectivity index (χ4n) is 6.01. The highest BCUT2D eigenvalue weighted by atomic mass is 32.1. The van der Waals surface area contributed by atoms with Gasteiger partial charge in [0, 0.05) is 36.2 Å². The van der Waals surface area contributed by atoms with Crippen molar-refractivity contribution in [1.29, 1.82) is 0 Å². The molecule has 1 saturated heterocycles. The van der Waals surface area contributed by atoms with Crippen LogP contribution in [0.4, 0.5) is 5.13 Å². The van der Waals surface area contributed by atoms with E-state index in [-0.39, 0.29) is 5.91 Å². The Morgan fingerprint density at radius 2 is 1.81 bits per heavy atom. The van der Waals surface area contributed by atoms with Crippen LogP contribution in [0.2, 0.25) is 0 Å². The fraction of sp³-hybridized carbons (Fsp3) is 0.533. The molecule has 2 fully saturated rings. The van der Waals surface area contributed by atoms with Gasteiger partial charge in [-0.05, 0) is 70.4 Å². The molecule has 0 radical (unpaired) electrons. The van der Waals surface area contributed by atoms with Gasteiger partial charge in [-0.2, -0.15) is 0 Å². The molecule has 5 rings (SSSR count). The zero-order valence-electron chi connectivity index (χ0n) is 22.0. The molecule has 1 saturated carbocycles. The van der Waals surface area contributed by atoms with Gasteiger partial charge in [0.1, 0.15) is 0 Å². The predicted molar refractivity (Wildman–Crippen MR) is 150 cm³/mol. The molecule has 192 valence electrons. The molecule has 1 N–H and O–H groups in total. The number of rotatable bonds is 7. The van der Waals surface area contributed by atoms with E-state index >= 15 is 0 Å². The Kier molecular flexibility index (Phi) is 7.80. The molecule has 2 aromatic heterocycles. The second kappa shape index (κ2) is 11.2. The molecule has 3 heterocycles. The number of nitrogens with zero attached hydrogens (tertiary/aromatic N) is 3. The first kappa shape index (κ1) is 25.1. The van der Waals surface area contributed by atoms with E-state index in [0.717, 1.165) is 60.1 Å². The van der Waals surface area contributed by atoms with Crippen LogP contribution in [0.5, 0.6) is 0 Å². The van der Waals surface area contributed by atoms with E-state index in [0.29, 0.717) is 18.0 Å². The van der Waals surface area contributed by atoms with Gasteiger partial charge in [-0.25, -0.2) is 4.98 Å². The Hall–Kier alpha value is -2.60. The molecule has 0 unspecified atom stereocenters. The molecule has 1 aliphatic carbocycles. The van der Waals surface area contributed by atoms with E-state index in [1.54, 1.807) is 11.3 Å². The van der Waals surface area contributed by atoms with Crippen LogP contribution in [-0.4, -0.2) is 39.5 Å². The summed E-state index contributed by atoms with van der Waals surface area (Å²) in [6.45, 7) is 8.11. The largest absolute Gasteiger partial charge is 0.359 e. The van der Waals surface area contributed by atoms with E-state index in [9.17, 15) is 4.79 Å². The number of aromatic nitrogens is 2. The molecular weight excluding hydrogens is 464 g/mol. The van der Waals surface area contributed by atoms with E-state index in [2.05, 4.69) is 77.3 Å². The second-order valence-corrected chi connectivity index (χ2v) is 11.8. The van der Waals surface area contributed by atoms with Crippen LogP contribution < -0.4 is 5.32 Å². The third kappa shape index (κ3) is 5.54. The van der Waals surface area contributed by atoms with Crippen LogP contribution in [0, 0.1) is 12.8 Å². The number of nitrogens with one attached hydrogen (secondary N) is 1. The summed E-state index contributed by atoms with van der Waals surface area (Å²) in [4.78, 5) is 20.8. The Morgan fingerprint density at radius 1 is 1.08 bits per heavy atom. The summed E-state index contributed by atoms with van der Waals surface area (Å²) in [7, 11) is 0. The molecule has 0 atom stereocenters. The quantitative estimate of drug-likeness (QED) is 0.366. The molecular formula is C30H40N4OS. The lowest BCUT2D eigenvalue weighted by molar-refractivity contribution is 0.0689. The van der Waals surface area contributed by atoms with Gasteiger partial charge in [0.05, 0.1) is 17.0 Å². The summed E-state index contributed by atoms with van der Waals surface area (Å²) in [5.74, 6) is 0.846. The highest BCUT2D eigenvalue weighted by molar-refractivity contribution is 7.14. The first-order valence-corrected chi connectivity index (χ1v) is 14.6. The van der Waals surface area contributed by atoms with Gasteiger partial charge < -0.3 is 14.8 Å². The van der Waals surface area contributed by atoms with E-state index in [1.807, 2.05) is 0 Å². The molecule has 0 spiro atoms. The molecule has 1 amide bonds. The maximum Gasteiger partial charge on any atom is 0.255 e. The van der Waals surface area contributed by atoms with Gasteiger partial charge in [-0.15, -0.1) is 11.3 Å². The average Bonchev–Trinajstić information content (AvgIpc) is 3.49. The molecule has 1 aromatic carbocycles. The SMILES string of the molecule is Cc1c(C(=O)N2CCC(Cc3ccccc3)CC2)cc(-c2csc(NC(C)C)n2)n1C1CCCCC1. The fourth-order valence-corrected chi connectivity index (χ4v) is 6.86. The number of carbonyl (C=O) groups excluding carboxylic acids is 1. The number of likely N-dealkylation sites (tertiary alicyclic amines) is 1. The number of thiazole rings is 1. The van der Waals surface area contributed by atoms with Crippen molar-refractivity contribution in [1.82, 2.24) is 14.5 Å². The summed E-state index contributed by atoms with van der Waals surface area (Å²) in [5.41, 5.74) is 5.47.